The lowest BCUT2D eigenvalue weighted by Gasteiger charge is -2.33. The van der Waals surface area contributed by atoms with E-state index in [9.17, 15) is 18.7 Å². The fraction of sp³-hybridized carbons (Fsp3) is 0.517. The first-order chi connectivity index (χ1) is 19.9. The van der Waals surface area contributed by atoms with E-state index < -0.39 is 40.6 Å². The molecule has 4 unspecified atom stereocenters. The first kappa shape index (κ1) is 34.8. The van der Waals surface area contributed by atoms with Crippen molar-refractivity contribution < 1.29 is 22.5 Å². The normalized spacial score (nSPS) is 24.0. The maximum absolute atomic E-state index is 15.7. The van der Waals surface area contributed by atoms with Crippen LogP contribution in [0.5, 0.6) is 0 Å². The number of ether oxygens (including phenoxy) is 1. The smallest absolute Gasteiger partial charge is 0.270 e. The molecule has 1 amide bonds. The van der Waals surface area contributed by atoms with E-state index in [0.717, 1.165) is 18.4 Å². The van der Waals surface area contributed by atoms with E-state index in [1.54, 1.807) is 29.4 Å². The molecule has 4 atom stereocenters. The molecule has 0 bridgehead atoms. The monoisotopic (exact) mass is 609 g/mol. The molecule has 226 valence electrons. The standard InChI is InChI=1S/C26H27F2N3O3S.2CH5N.CH4S/c27-17-35(33)30-23-21(14-19-8-4-9-20(22(19)28)18-6-2-1-3-7-18)31(16-25(23)11-12-25)24(32)26(15-29)10-5-13-34-26;3*1-2/h1-4,6-9,21,23,30H,5,10-14,16-17H2;2*2H2,1H3;2H,1H3. The largest absolute Gasteiger partial charge is 0.352 e. The number of hydrogen-bond donors (Lipinski definition) is 4. The Morgan fingerprint density at radius 1 is 1.15 bits per heavy atom. The van der Waals surface area contributed by atoms with Crippen LogP contribution in [-0.4, -0.2) is 72.2 Å². The summed E-state index contributed by atoms with van der Waals surface area (Å²) < 4.78 is 49.7. The predicted octanol–water partition coefficient (Wildman–Crippen LogP) is 3.34. The summed E-state index contributed by atoms with van der Waals surface area (Å²) in [5.41, 5.74) is 8.66. The van der Waals surface area contributed by atoms with Gasteiger partial charge in [0.15, 0.2) is 6.01 Å². The van der Waals surface area contributed by atoms with Gasteiger partial charge in [0.1, 0.15) is 22.9 Å². The van der Waals surface area contributed by atoms with Crippen LogP contribution in [0.2, 0.25) is 0 Å². The zero-order chi connectivity index (χ0) is 30.6. The minimum Gasteiger partial charge on any atom is -0.352 e. The summed E-state index contributed by atoms with van der Waals surface area (Å²) in [4.78, 5) is 15.3. The van der Waals surface area contributed by atoms with Crippen LogP contribution in [0, 0.1) is 22.6 Å². The van der Waals surface area contributed by atoms with Gasteiger partial charge in [-0.05, 0) is 57.2 Å². The van der Waals surface area contributed by atoms with Gasteiger partial charge in [0.25, 0.3) is 5.91 Å². The Morgan fingerprint density at radius 2 is 1.80 bits per heavy atom. The molecule has 8 nitrogen and oxygen atoms in total. The number of hydrogen-bond acceptors (Lipinski definition) is 7. The van der Waals surface area contributed by atoms with Gasteiger partial charge in [0, 0.05) is 36.6 Å². The van der Waals surface area contributed by atoms with Crippen molar-refractivity contribution in [2.24, 2.45) is 16.9 Å². The fourth-order valence-electron chi connectivity index (χ4n) is 5.58. The van der Waals surface area contributed by atoms with Crippen molar-refractivity contribution >= 4 is 29.5 Å². The topological polar surface area (TPSA) is 134 Å². The molecule has 1 spiro atoms. The highest BCUT2D eigenvalue weighted by molar-refractivity contribution is 7.82. The molecule has 2 aromatic carbocycles. The molecule has 0 radical (unpaired) electrons. The maximum Gasteiger partial charge on any atom is 0.270 e. The molecule has 2 heterocycles. The van der Waals surface area contributed by atoms with Gasteiger partial charge in [-0.1, -0.05) is 48.5 Å². The number of nitrogens with zero attached hydrogens (tertiary/aromatic N) is 2. The minimum atomic E-state index is -1.93. The number of benzene rings is 2. The van der Waals surface area contributed by atoms with E-state index in [4.69, 9.17) is 4.74 Å². The quantitative estimate of drug-likeness (QED) is 0.356. The number of nitriles is 1. The number of nitrogens with one attached hydrogen (secondary N) is 1. The lowest BCUT2D eigenvalue weighted by atomic mass is 9.91. The van der Waals surface area contributed by atoms with Crippen LogP contribution in [0.15, 0.2) is 48.5 Å². The van der Waals surface area contributed by atoms with Gasteiger partial charge in [0.05, 0.1) is 6.04 Å². The van der Waals surface area contributed by atoms with Gasteiger partial charge < -0.3 is 21.1 Å². The number of alkyl halides is 1. The average molecular weight is 610 g/mol. The first-order valence-corrected chi connectivity index (χ1v) is 15.6. The molecule has 2 aliphatic heterocycles. The third kappa shape index (κ3) is 7.52. The second-order valence-electron chi connectivity index (χ2n) is 9.65. The molecular formula is C29H41F2N5O3S2. The maximum atomic E-state index is 15.7. The number of nitrogens with two attached hydrogens (primary N) is 2. The first-order valence-electron chi connectivity index (χ1n) is 13.4. The number of likely N-dealkylation sites (tertiary alicyclic amines) is 1. The molecular weight excluding hydrogens is 568 g/mol. The summed E-state index contributed by atoms with van der Waals surface area (Å²) in [6.45, 7) is 0.661. The van der Waals surface area contributed by atoms with Gasteiger partial charge in [-0.3, -0.25) is 4.79 Å². The Bertz CT molecular complexity index is 1190. The number of thiol groups is 1. The van der Waals surface area contributed by atoms with Gasteiger partial charge >= 0.3 is 0 Å². The van der Waals surface area contributed by atoms with E-state index in [-0.39, 0.29) is 17.7 Å². The summed E-state index contributed by atoms with van der Waals surface area (Å²) in [6, 6.07) is 14.3. The zero-order valence-corrected chi connectivity index (χ0v) is 25.5. The molecule has 1 saturated carbocycles. The number of amides is 1. The number of halogens is 2. The third-order valence-corrected chi connectivity index (χ3v) is 8.30. The lowest BCUT2D eigenvalue weighted by molar-refractivity contribution is -0.148. The molecule has 5 N–H and O–H groups in total. The molecule has 41 heavy (non-hydrogen) atoms. The van der Waals surface area contributed by atoms with E-state index in [2.05, 4.69) is 34.9 Å². The Morgan fingerprint density at radius 3 is 2.34 bits per heavy atom. The van der Waals surface area contributed by atoms with Crippen molar-refractivity contribution in [1.82, 2.24) is 9.62 Å². The number of carbonyl (C=O) groups excluding carboxylic acids is 1. The number of carbonyl (C=O) groups is 1. The van der Waals surface area contributed by atoms with Crippen LogP contribution in [0.1, 0.15) is 31.2 Å². The van der Waals surface area contributed by atoms with Crippen LogP contribution in [0.4, 0.5) is 8.78 Å². The summed E-state index contributed by atoms with van der Waals surface area (Å²) >= 11 is 3.53. The van der Waals surface area contributed by atoms with E-state index in [1.165, 1.54) is 14.1 Å². The van der Waals surface area contributed by atoms with Crippen LogP contribution in [-0.2, 0) is 26.9 Å². The van der Waals surface area contributed by atoms with Crippen molar-refractivity contribution in [3.8, 4) is 17.2 Å². The van der Waals surface area contributed by atoms with Gasteiger partial charge in [0.2, 0.25) is 5.60 Å². The van der Waals surface area contributed by atoms with E-state index in [0.29, 0.717) is 37.1 Å². The van der Waals surface area contributed by atoms with Crippen molar-refractivity contribution in [2.45, 2.75) is 49.8 Å². The molecule has 5 rings (SSSR count). The Hall–Kier alpha value is -2.40. The average Bonchev–Trinajstić information content (AvgIpc) is 3.54. The highest BCUT2D eigenvalue weighted by Crippen LogP contribution is 2.56. The number of rotatable bonds is 7. The van der Waals surface area contributed by atoms with E-state index in [1.807, 2.05) is 30.3 Å². The summed E-state index contributed by atoms with van der Waals surface area (Å²) in [5, 5.41) is 9.83. The van der Waals surface area contributed by atoms with E-state index >= 15 is 4.39 Å². The summed E-state index contributed by atoms with van der Waals surface area (Å²) in [5.74, 6) is -0.830. The fourth-order valence-corrected chi connectivity index (χ4v) is 6.33. The SMILES string of the molecule is CN.CN.CS.N#CC1(C(=O)N2CC3(CC3)C(NS(=O)CF)C2Cc2cccc(-c3ccccc3)c2F)CCCO1. The van der Waals surface area contributed by atoms with Crippen molar-refractivity contribution in [3.05, 3.63) is 59.9 Å². The van der Waals surface area contributed by atoms with Gasteiger partial charge in [-0.25, -0.2) is 17.7 Å². The van der Waals surface area contributed by atoms with Gasteiger partial charge in [-0.2, -0.15) is 17.9 Å². The molecule has 1 aliphatic carbocycles. The Kier molecular flexibility index (Phi) is 13.8. The Labute approximate surface area is 249 Å². The predicted molar refractivity (Wildman–Crippen MR) is 162 cm³/mol. The second-order valence-corrected chi connectivity index (χ2v) is 10.8. The molecule has 12 heteroatoms. The van der Waals surface area contributed by atoms with Gasteiger partial charge in [-0.15, -0.1) is 0 Å². The van der Waals surface area contributed by atoms with Crippen LogP contribution < -0.4 is 16.2 Å². The van der Waals surface area contributed by atoms with Crippen molar-refractivity contribution in [2.75, 3.05) is 39.5 Å². The summed E-state index contributed by atoms with van der Waals surface area (Å²) in [6.07, 6.45) is 4.29. The zero-order valence-electron chi connectivity index (χ0n) is 23.8. The molecule has 3 aliphatic rings. The van der Waals surface area contributed by atoms with Crippen LogP contribution in [0.25, 0.3) is 11.1 Å². The molecule has 2 aromatic rings. The molecule has 2 saturated heterocycles. The third-order valence-electron chi connectivity index (χ3n) is 7.58. The highest BCUT2D eigenvalue weighted by atomic mass is 32.2. The van der Waals surface area contributed by atoms with Crippen LogP contribution >= 0.6 is 12.6 Å². The molecule has 3 fully saturated rings. The second kappa shape index (κ2) is 16.3. The van der Waals surface area contributed by atoms with Crippen LogP contribution in [0.3, 0.4) is 0 Å². The van der Waals surface area contributed by atoms with Crippen molar-refractivity contribution in [3.63, 3.8) is 0 Å². The van der Waals surface area contributed by atoms with Crippen molar-refractivity contribution in [1.29, 1.82) is 5.26 Å². The minimum absolute atomic E-state index is 0.142. The lowest BCUT2D eigenvalue weighted by Crippen LogP contribution is -2.54. The Balaban J connectivity index is 0.000000921. The highest BCUT2D eigenvalue weighted by Gasteiger charge is 2.63. The molecule has 0 aromatic heterocycles. The summed E-state index contributed by atoms with van der Waals surface area (Å²) in [7, 11) is 1.07.